The van der Waals surface area contributed by atoms with Crippen molar-refractivity contribution in [1.29, 1.82) is 0 Å². The standard InChI is InChI=1S/C24H32N2O2/c1-2-28-19-24(13-12-20-6-4-3-5-7-20)14-16-26(17-15-24)18-21-8-10-22(11-9-21)23(25)27/h3-11H,2,12-19H2,1H3,(H2,25,27). The second-order valence-corrected chi connectivity index (χ2v) is 7.96. The minimum atomic E-state index is -0.372. The topological polar surface area (TPSA) is 55.6 Å². The molecular weight excluding hydrogens is 348 g/mol. The Labute approximate surface area is 168 Å². The van der Waals surface area contributed by atoms with Crippen LogP contribution in [0, 0.1) is 5.41 Å². The van der Waals surface area contributed by atoms with Crippen molar-refractivity contribution in [2.24, 2.45) is 11.1 Å². The van der Waals surface area contributed by atoms with Gasteiger partial charge in [-0.15, -0.1) is 0 Å². The van der Waals surface area contributed by atoms with Crippen LogP contribution in [0.15, 0.2) is 54.6 Å². The van der Waals surface area contributed by atoms with Crippen LogP contribution in [-0.4, -0.2) is 37.1 Å². The molecule has 4 heteroatoms. The first-order valence-corrected chi connectivity index (χ1v) is 10.3. The van der Waals surface area contributed by atoms with Crippen LogP contribution in [0.3, 0.4) is 0 Å². The molecule has 3 rings (SSSR count). The summed E-state index contributed by atoms with van der Waals surface area (Å²) in [5.74, 6) is -0.372. The van der Waals surface area contributed by atoms with Crippen LogP contribution in [-0.2, 0) is 17.7 Å². The number of amides is 1. The molecule has 0 atom stereocenters. The summed E-state index contributed by atoms with van der Waals surface area (Å²) < 4.78 is 5.89. The Bertz CT molecular complexity index is 735. The van der Waals surface area contributed by atoms with Crippen molar-refractivity contribution in [1.82, 2.24) is 4.90 Å². The molecular formula is C24H32N2O2. The van der Waals surface area contributed by atoms with Gasteiger partial charge >= 0.3 is 0 Å². The smallest absolute Gasteiger partial charge is 0.248 e. The summed E-state index contributed by atoms with van der Waals surface area (Å²) in [4.78, 5) is 13.7. The number of benzene rings is 2. The molecule has 0 unspecified atom stereocenters. The fourth-order valence-corrected chi connectivity index (χ4v) is 4.06. The number of carbonyl (C=O) groups excluding carboxylic acids is 1. The summed E-state index contributed by atoms with van der Waals surface area (Å²) in [6, 6.07) is 18.4. The summed E-state index contributed by atoms with van der Waals surface area (Å²) in [7, 11) is 0. The summed E-state index contributed by atoms with van der Waals surface area (Å²) in [5.41, 5.74) is 8.81. The number of ether oxygens (including phenoxy) is 1. The van der Waals surface area contributed by atoms with Crippen molar-refractivity contribution in [3.8, 4) is 0 Å². The Kier molecular flexibility index (Phi) is 7.24. The highest BCUT2D eigenvalue weighted by Crippen LogP contribution is 2.37. The van der Waals surface area contributed by atoms with Crippen molar-refractivity contribution in [2.45, 2.75) is 39.2 Å². The molecule has 1 saturated heterocycles. The van der Waals surface area contributed by atoms with Gasteiger partial charge in [-0.25, -0.2) is 0 Å². The Balaban J connectivity index is 1.56. The third-order valence-electron chi connectivity index (χ3n) is 5.96. The average Bonchev–Trinajstić information content (AvgIpc) is 2.73. The van der Waals surface area contributed by atoms with Gasteiger partial charge in [0.25, 0.3) is 0 Å². The third kappa shape index (κ3) is 5.66. The molecule has 2 N–H and O–H groups in total. The van der Waals surface area contributed by atoms with Crippen LogP contribution >= 0.6 is 0 Å². The Morgan fingerprint density at radius 1 is 1.04 bits per heavy atom. The molecule has 0 spiro atoms. The fourth-order valence-electron chi connectivity index (χ4n) is 4.06. The predicted octanol–water partition coefficient (Wildman–Crippen LogP) is 4.04. The van der Waals surface area contributed by atoms with Gasteiger partial charge in [-0.1, -0.05) is 42.5 Å². The number of hydrogen-bond donors (Lipinski definition) is 1. The maximum Gasteiger partial charge on any atom is 0.248 e. The lowest BCUT2D eigenvalue weighted by Crippen LogP contribution is -2.42. The van der Waals surface area contributed by atoms with Gasteiger partial charge in [-0.05, 0) is 74.4 Å². The Morgan fingerprint density at radius 3 is 2.32 bits per heavy atom. The van der Waals surface area contributed by atoms with E-state index < -0.39 is 0 Å². The molecule has 1 aliphatic heterocycles. The second kappa shape index (κ2) is 9.85. The van der Waals surface area contributed by atoms with Crippen molar-refractivity contribution >= 4 is 5.91 Å². The summed E-state index contributed by atoms with van der Waals surface area (Å²) in [6.07, 6.45) is 4.62. The highest BCUT2D eigenvalue weighted by Gasteiger charge is 2.34. The zero-order valence-corrected chi connectivity index (χ0v) is 16.9. The lowest BCUT2D eigenvalue weighted by Gasteiger charge is -2.42. The number of likely N-dealkylation sites (tertiary alicyclic amines) is 1. The van der Waals surface area contributed by atoms with Crippen LogP contribution in [0.2, 0.25) is 0 Å². The first kappa shape index (κ1) is 20.6. The van der Waals surface area contributed by atoms with Crippen molar-refractivity contribution < 1.29 is 9.53 Å². The average molecular weight is 381 g/mol. The molecule has 150 valence electrons. The van der Waals surface area contributed by atoms with Gasteiger partial charge in [-0.3, -0.25) is 9.69 Å². The molecule has 28 heavy (non-hydrogen) atoms. The van der Waals surface area contributed by atoms with Gasteiger partial charge in [0, 0.05) is 18.7 Å². The number of rotatable bonds is 9. The SMILES string of the molecule is CCOCC1(CCc2ccccc2)CCN(Cc2ccc(C(N)=O)cc2)CC1. The normalized spacial score (nSPS) is 16.8. The molecule has 1 aliphatic rings. The number of piperidine rings is 1. The molecule has 0 bridgehead atoms. The predicted molar refractivity (Wildman–Crippen MR) is 113 cm³/mol. The third-order valence-corrected chi connectivity index (χ3v) is 5.96. The Morgan fingerprint density at radius 2 is 1.71 bits per heavy atom. The largest absolute Gasteiger partial charge is 0.381 e. The highest BCUT2D eigenvalue weighted by atomic mass is 16.5. The number of nitrogens with zero attached hydrogens (tertiary/aromatic N) is 1. The lowest BCUT2D eigenvalue weighted by atomic mass is 9.74. The molecule has 0 saturated carbocycles. The van der Waals surface area contributed by atoms with E-state index in [1.165, 1.54) is 30.4 Å². The summed E-state index contributed by atoms with van der Waals surface area (Å²) in [6.45, 7) is 6.80. The molecule has 4 nitrogen and oxygen atoms in total. The molecule has 2 aromatic rings. The number of carbonyl (C=O) groups is 1. The maximum atomic E-state index is 11.2. The van der Waals surface area contributed by atoms with Crippen molar-refractivity contribution in [3.63, 3.8) is 0 Å². The molecule has 0 radical (unpaired) electrons. The van der Waals surface area contributed by atoms with Gasteiger partial charge < -0.3 is 10.5 Å². The van der Waals surface area contributed by atoms with E-state index in [0.29, 0.717) is 5.56 Å². The summed E-state index contributed by atoms with van der Waals surface area (Å²) in [5, 5.41) is 0. The molecule has 0 aromatic heterocycles. The van der Waals surface area contributed by atoms with Gasteiger partial charge in [0.05, 0.1) is 6.61 Å². The van der Waals surface area contributed by atoms with Crippen molar-refractivity contribution in [3.05, 3.63) is 71.3 Å². The number of primary amides is 1. The van der Waals surface area contributed by atoms with E-state index in [2.05, 4.69) is 42.2 Å². The first-order chi connectivity index (χ1) is 13.6. The maximum absolute atomic E-state index is 11.2. The lowest BCUT2D eigenvalue weighted by molar-refractivity contribution is -0.00232. The van der Waals surface area contributed by atoms with E-state index in [-0.39, 0.29) is 11.3 Å². The van der Waals surface area contributed by atoms with E-state index in [4.69, 9.17) is 10.5 Å². The van der Waals surface area contributed by atoms with E-state index >= 15 is 0 Å². The van der Waals surface area contributed by atoms with E-state index in [1.54, 1.807) is 0 Å². The van der Waals surface area contributed by atoms with Gasteiger partial charge in [0.2, 0.25) is 5.91 Å². The van der Waals surface area contributed by atoms with E-state index in [1.807, 2.05) is 24.3 Å². The van der Waals surface area contributed by atoms with E-state index in [0.717, 1.165) is 39.3 Å². The number of aryl methyl sites for hydroxylation is 1. The van der Waals surface area contributed by atoms with Crippen LogP contribution in [0.4, 0.5) is 0 Å². The second-order valence-electron chi connectivity index (χ2n) is 7.96. The Hall–Kier alpha value is -2.17. The first-order valence-electron chi connectivity index (χ1n) is 10.3. The number of nitrogens with two attached hydrogens (primary N) is 1. The molecule has 2 aromatic carbocycles. The zero-order valence-electron chi connectivity index (χ0n) is 16.9. The molecule has 0 aliphatic carbocycles. The minimum absolute atomic E-state index is 0.276. The van der Waals surface area contributed by atoms with Crippen LogP contribution in [0.1, 0.15) is 47.7 Å². The van der Waals surface area contributed by atoms with Crippen molar-refractivity contribution in [2.75, 3.05) is 26.3 Å². The van der Waals surface area contributed by atoms with Gasteiger partial charge in [-0.2, -0.15) is 0 Å². The monoisotopic (exact) mass is 380 g/mol. The quantitative estimate of drug-likeness (QED) is 0.714. The van der Waals surface area contributed by atoms with Crippen LogP contribution in [0.5, 0.6) is 0 Å². The molecule has 1 fully saturated rings. The molecule has 1 amide bonds. The zero-order chi connectivity index (χ0) is 19.8. The van der Waals surface area contributed by atoms with Crippen LogP contribution < -0.4 is 5.73 Å². The van der Waals surface area contributed by atoms with E-state index in [9.17, 15) is 4.79 Å². The summed E-state index contributed by atoms with van der Waals surface area (Å²) >= 11 is 0. The van der Waals surface area contributed by atoms with Gasteiger partial charge in [0.1, 0.15) is 0 Å². The van der Waals surface area contributed by atoms with Gasteiger partial charge in [0.15, 0.2) is 0 Å². The minimum Gasteiger partial charge on any atom is -0.381 e. The fraction of sp³-hybridized carbons (Fsp3) is 0.458. The highest BCUT2D eigenvalue weighted by molar-refractivity contribution is 5.92. The number of hydrogen-bond acceptors (Lipinski definition) is 3. The molecule has 1 heterocycles. The van der Waals surface area contributed by atoms with Crippen LogP contribution in [0.25, 0.3) is 0 Å².